The fourth-order valence-corrected chi connectivity index (χ4v) is 5.36. The summed E-state index contributed by atoms with van der Waals surface area (Å²) in [5.74, 6) is -2.03. The zero-order valence-electron chi connectivity index (χ0n) is 22.6. The largest absolute Gasteiger partial charge is 0.371 e. The lowest BCUT2D eigenvalue weighted by Crippen LogP contribution is -2.43. The van der Waals surface area contributed by atoms with Crippen molar-refractivity contribution in [3.05, 3.63) is 53.2 Å². The molecule has 4 aromatic rings. The number of halogens is 2. The maximum Gasteiger partial charge on any atom is 0.261 e. The molecule has 1 saturated heterocycles. The zero-order valence-corrected chi connectivity index (χ0v) is 22.6. The second-order valence-electron chi connectivity index (χ2n) is 10.1. The minimum atomic E-state index is -0.743. The molecule has 4 heterocycles. The molecule has 0 unspecified atom stereocenters. The molecule has 1 aliphatic heterocycles. The third-order valence-corrected chi connectivity index (χ3v) is 7.19. The van der Waals surface area contributed by atoms with Crippen LogP contribution in [0.4, 0.5) is 20.2 Å². The van der Waals surface area contributed by atoms with Gasteiger partial charge >= 0.3 is 0 Å². The second kappa shape index (κ2) is 10.3. The number of nitrogens with one attached hydrogen (secondary N) is 2. The molecule has 38 heavy (non-hydrogen) atoms. The summed E-state index contributed by atoms with van der Waals surface area (Å²) in [7, 11) is 1.74. The minimum Gasteiger partial charge on any atom is -0.371 e. The van der Waals surface area contributed by atoms with Gasteiger partial charge in [-0.3, -0.25) is 14.5 Å². The monoisotopic (exact) mass is 523 g/mol. The standard InChI is InChI=1S/C26H29F2N7O.C2H6/c1-14-11-35-13-20(23(28)25(35)15(2)29-14)31-26(36)22-19(27)10-21(18-12-33(3)32-24(18)22)34-8-6-17(7-9-34)30-16-4-5-16;1-2/h10-13,16-17,30H,4-9H2,1-3H3,(H,31,36);1-2H3. The van der Waals surface area contributed by atoms with Crippen LogP contribution in [0.5, 0.6) is 0 Å². The molecule has 2 N–H and O–H groups in total. The van der Waals surface area contributed by atoms with Gasteiger partial charge < -0.3 is 19.9 Å². The lowest BCUT2D eigenvalue weighted by molar-refractivity contribution is 0.102. The molecule has 1 saturated carbocycles. The third-order valence-electron chi connectivity index (χ3n) is 7.19. The van der Waals surface area contributed by atoms with Crippen molar-refractivity contribution in [1.82, 2.24) is 24.5 Å². The molecule has 0 spiro atoms. The van der Waals surface area contributed by atoms with E-state index in [9.17, 15) is 4.79 Å². The number of carbonyl (C=O) groups is 1. The van der Waals surface area contributed by atoms with Crippen molar-refractivity contribution in [2.24, 2.45) is 7.05 Å². The molecular formula is C28H35F2N7O. The van der Waals surface area contributed by atoms with Crippen molar-refractivity contribution < 1.29 is 13.6 Å². The Morgan fingerprint density at radius 1 is 1.03 bits per heavy atom. The molecule has 6 rings (SSSR count). The van der Waals surface area contributed by atoms with Crippen LogP contribution in [0, 0.1) is 25.5 Å². The van der Waals surface area contributed by atoms with Crippen LogP contribution in [0.15, 0.2) is 24.7 Å². The highest BCUT2D eigenvalue weighted by Gasteiger charge is 2.29. The van der Waals surface area contributed by atoms with E-state index in [1.807, 2.05) is 20.8 Å². The summed E-state index contributed by atoms with van der Waals surface area (Å²) in [6.45, 7) is 9.12. The summed E-state index contributed by atoms with van der Waals surface area (Å²) in [5, 5.41) is 11.4. The third kappa shape index (κ3) is 4.84. The first-order chi connectivity index (χ1) is 18.3. The zero-order chi connectivity index (χ0) is 27.1. The number of carbonyl (C=O) groups excluding carboxylic acids is 1. The molecule has 0 radical (unpaired) electrons. The van der Waals surface area contributed by atoms with E-state index in [2.05, 4.69) is 25.6 Å². The maximum absolute atomic E-state index is 15.5. The Kier molecular flexibility index (Phi) is 7.09. The van der Waals surface area contributed by atoms with E-state index >= 15 is 8.78 Å². The Morgan fingerprint density at radius 2 is 1.71 bits per heavy atom. The van der Waals surface area contributed by atoms with Gasteiger partial charge in [0.05, 0.1) is 22.8 Å². The van der Waals surface area contributed by atoms with E-state index < -0.39 is 17.5 Å². The Labute approximate surface area is 221 Å². The number of benzene rings is 1. The predicted octanol–water partition coefficient (Wildman–Crippen LogP) is 5.12. The summed E-state index contributed by atoms with van der Waals surface area (Å²) in [6, 6.07) is 2.56. The quantitative estimate of drug-likeness (QED) is 0.380. The average Bonchev–Trinajstić information content (AvgIpc) is 3.53. The molecule has 3 aromatic heterocycles. The number of nitrogens with zero attached hydrogens (tertiary/aromatic N) is 5. The van der Waals surface area contributed by atoms with Gasteiger partial charge in [0.2, 0.25) is 0 Å². The number of aromatic nitrogens is 4. The van der Waals surface area contributed by atoms with Gasteiger partial charge in [0.15, 0.2) is 5.82 Å². The van der Waals surface area contributed by atoms with Gasteiger partial charge in [0.1, 0.15) is 22.4 Å². The van der Waals surface area contributed by atoms with E-state index in [0.717, 1.165) is 37.3 Å². The van der Waals surface area contributed by atoms with Gasteiger partial charge in [-0.25, -0.2) is 8.78 Å². The molecule has 8 nitrogen and oxygen atoms in total. The van der Waals surface area contributed by atoms with Crippen LogP contribution < -0.4 is 15.5 Å². The fraction of sp³-hybridized carbons (Fsp3) is 0.464. The fourth-order valence-electron chi connectivity index (χ4n) is 5.36. The van der Waals surface area contributed by atoms with Crippen molar-refractivity contribution in [1.29, 1.82) is 0 Å². The van der Waals surface area contributed by atoms with Crippen LogP contribution in [0.25, 0.3) is 16.4 Å². The van der Waals surface area contributed by atoms with E-state index in [-0.39, 0.29) is 22.3 Å². The molecule has 202 valence electrons. The molecule has 1 amide bonds. The van der Waals surface area contributed by atoms with E-state index in [4.69, 9.17) is 0 Å². The number of hydrogen-bond acceptors (Lipinski definition) is 5. The number of amides is 1. The van der Waals surface area contributed by atoms with Gasteiger partial charge in [-0.2, -0.15) is 5.10 Å². The Morgan fingerprint density at radius 3 is 2.39 bits per heavy atom. The lowest BCUT2D eigenvalue weighted by Gasteiger charge is -2.34. The molecule has 2 aliphatic rings. The highest BCUT2D eigenvalue weighted by Crippen LogP contribution is 2.34. The highest BCUT2D eigenvalue weighted by atomic mass is 19.1. The van der Waals surface area contributed by atoms with Crippen LogP contribution >= 0.6 is 0 Å². The summed E-state index contributed by atoms with van der Waals surface area (Å²) in [4.78, 5) is 19.7. The SMILES string of the molecule is CC.Cc1cn2cc(NC(=O)c3c(F)cc(N4CCC(NC5CC5)CC4)c4cn(C)nc34)c(F)c2c(C)n1. The number of hydrogen-bond donors (Lipinski definition) is 2. The van der Waals surface area contributed by atoms with Crippen LogP contribution in [0.1, 0.15) is 61.3 Å². The van der Waals surface area contributed by atoms with Crippen molar-refractivity contribution in [3.63, 3.8) is 0 Å². The minimum absolute atomic E-state index is 0.0340. The van der Waals surface area contributed by atoms with Gasteiger partial charge in [0, 0.05) is 56.2 Å². The summed E-state index contributed by atoms with van der Waals surface area (Å²) in [6.07, 6.45) is 9.44. The normalized spacial score (nSPS) is 16.1. The molecule has 1 aromatic carbocycles. The topological polar surface area (TPSA) is 79.5 Å². The van der Waals surface area contributed by atoms with E-state index in [1.165, 1.54) is 25.1 Å². The molecular weight excluding hydrogens is 488 g/mol. The summed E-state index contributed by atoms with van der Waals surface area (Å²) in [5.41, 5.74) is 2.27. The molecule has 1 aliphatic carbocycles. The molecule has 0 bridgehead atoms. The number of aryl methyl sites for hydroxylation is 3. The first-order valence-corrected chi connectivity index (χ1v) is 13.4. The van der Waals surface area contributed by atoms with E-state index in [1.54, 1.807) is 35.4 Å². The summed E-state index contributed by atoms with van der Waals surface area (Å²) < 4.78 is 33.8. The van der Waals surface area contributed by atoms with Gasteiger partial charge in [-0.15, -0.1) is 0 Å². The van der Waals surface area contributed by atoms with Crippen LogP contribution in [-0.2, 0) is 7.05 Å². The lowest BCUT2D eigenvalue weighted by atomic mass is 10.0. The second-order valence-corrected chi connectivity index (χ2v) is 10.1. The van der Waals surface area contributed by atoms with Crippen LogP contribution in [0.3, 0.4) is 0 Å². The number of rotatable bonds is 5. The maximum atomic E-state index is 15.5. The van der Waals surface area contributed by atoms with Crippen LogP contribution in [0.2, 0.25) is 0 Å². The van der Waals surface area contributed by atoms with Gasteiger partial charge in [-0.05, 0) is 45.6 Å². The van der Waals surface area contributed by atoms with Crippen molar-refractivity contribution in [3.8, 4) is 0 Å². The number of fused-ring (bicyclic) bond motifs is 2. The average molecular weight is 524 g/mol. The Bertz CT molecular complexity index is 1500. The molecule has 2 fully saturated rings. The Hall–Kier alpha value is -3.53. The molecule has 0 atom stereocenters. The van der Waals surface area contributed by atoms with Crippen molar-refractivity contribution >= 4 is 33.7 Å². The van der Waals surface area contributed by atoms with Crippen molar-refractivity contribution in [2.45, 2.75) is 65.5 Å². The first-order valence-electron chi connectivity index (χ1n) is 13.4. The highest BCUT2D eigenvalue weighted by molar-refractivity contribution is 6.14. The number of piperidine rings is 1. The van der Waals surface area contributed by atoms with Crippen LogP contribution in [-0.4, -0.2) is 50.2 Å². The Balaban J connectivity index is 0.00000144. The number of anilines is 2. The smallest absolute Gasteiger partial charge is 0.261 e. The summed E-state index contributed by atoms with van der Waals surface area (Å²) >= 11 is 0. The van der Waals surface area contributed by atoms with Gasteiger partial charge in [-0.1, -0.05) is 13.8 Å². The van der Waals surface area contributed by atoms with Gasteiger partial charge in [0.25, 0.3) is 5.91 Å². The first kappa shape index (κ1) is 26.1. The van der Waals surface area contributed by atoms with E-state index in [0.29, 0.717) is 23.2 Å². The predicted molar refractivity (Wildman–Crippen MR) is 146 cm³/mol. The molecule has 10 heteroatoms. The van der Waals surface area contributed by atoms with Crippen molar-refractivity contribution in [2.75, 3.05) is 23.3 Å².